The fraction of sp³-hybridized carbons (Fsp3) is 0.214. The second kappa shape index (κ2) is 4.93. The van der Waals surface area contributed by atoms with Crippen LogP contribution in [0.1, 0.15) is 11.9 Å². The minimum Gasteiger partial charge on any atom is -0.370 e. The van der Waals surface area contributed by atoms with Crippen molar-refractivity contribution in [2.45, 2.75) is 13.8 Å². The summed E-state index contributed by atoms with van der Waals surface area (Å²) < 4.78 is 0. The zero-order valence-corrected chi connectivity index (χ0v) is 11.7. The molecule has 96 valence electrons. The van der Waals surface area contributed by atoms with Crippen molar-refractivity contribution in [3.63, 3.8) is 0 Å². The molecule has 5 heteroatoms. The zero-order chi connectivity index (χ0) is 13.2. The van der Waals surface area contributed by atoms with Gasteiger partial charge in [0, 0.05) is 17.3 Å². The third-order valence-electron chi connectivity index (χ3n) is 2.80. The highest BCUT2D eigenvalue weighted by Crippen LogP contribution is 2.25. The van der Waals surface area contributed by atoms with Gasteiger partial charge in [-0.3, -0.25) is 0 Å². The highest BCUT2D eigenvalue weighted by atomic mass is 32.1. The molecular weight excluding hydrogens is 256 g/mol. The molecule has 0 fully saturated rings. The lowest BCUT2D eigenvalue weighted by atomic mass is 10.2. The Morgan fingerprint density at radius 1 is 1.16 bits per heavy atom. The Kier molecular flexibility index (Phi) is 3.13. The molecule has 3 rings (SSSR count). The van der Waals surface area contributed by atoms with Crippen molar-refractivity contribution in [1.82, 2.24) is 15.0 Å². The number of nitrogens with zero attached hydrogens (tertiary/aromatic N) is 3. The molecule has 0 spiro atoms. The van der Waals surface area contributed by atoms with Crippen molar-refractivity contribution in [2.75, 3.05) is 11.9 Å². The SMILES string of the molecule is CCNc1nc(-c2csc(C)n2)nc2ccccc12. The summed E-state index contributed by atoms with van der Waals surface area (Å²) in [6.45, 7) is 4.88. The third kappa shape index (κ3) is 2.29. The second-order valence-corrected chi connectivity index (χ2v) is 5.26. The first-order valence-corrected chi connectivity index (χ1v) is 7.09. The van der Waals surface area contributed by atoms with Gasteiger partial charge in [-0.05, 0) is 26.0 Å². The maximum atomic E-state index is 4.60. The Labute approximate surface area is 115 Å². The van der Waals surface area contributed by atoms with E-state index in [2.05, 4.69) is 27.2 Å². The summed E-state index contributed by atoms with van der Waals surface area (Å²) in [6, 6.07) is 8.02. The second-order valence-electron chi connectivity index (χ2n) is 4.20. The van der Waals surface area contributed by atoms with E-state index in [4.69, 9.17) is 0 Å². The molecule has 1 N–H and O–H groups in total. The van der Waals surface area contributed by atoms with Gasteiger partial charge < -0.3 is 5.32 Å². The van der Waals surface area contributed by atoms with Crippen molar-refractivity contribution >= 4 is 28.1 Å². The van der Waals surface area contributed by atoms with E-state index in [1.165, 1.54) is 0 Å². The van der Waals surface area contributed by atoms with Gasteiger partial charge in [-0.15, -0.1) is 11.3 Å². The molecule has 0 saturated carbocycles. The largest absolute Gasteiger partial charge is 0.370 e. The van der Waals surface area contributed by atoms with Gasteiger partial charge in [0.2, 0.25) is 0 Å². The van der Waals surface area contributed by atoms with Crippen LogP contribution >= 0.6 is 11.3 Å². The molecule has 0 aliphatic carbocycles. The first kappa shape index (κ1) is 12.0. The van der Waals surface area contributed by atoms with Crippen LogP contribution in [0.4, 0.5) is 5.82 Å². The number of fused-ring (bicyclic) bond motifs is 1. The van der Waals surface area contributed by atoms with Crippen LogP contribution in [0.15, 0.2) is 29.6 Å². The highest BCUT2D eigenvalue weighted by molar-refractivity contribution is 7.09. The van der Waals surface area contributed by atoms with Crippen LogP contribution in [0.25, 0.3) is 22.4 Å². The fourth-order valence-electron chi connectivity index (χ4n) is 1.96. The molecule has 0 atom stereocenters. The minimum absolute atomic E-state index is 0.680. The monoisotopic (exact) mass is 270 g/mol. The summed E-state index contributed by atoms with van der Waals surface area (Å²) in [6.07, 6.45) is 0. The number of nitrogens with one attached hydrogen (secondary N) is 1. The van der Waals surface area contributed by atoms with Gasteiger partial charge in [-0.1, -0.05) is 12.1 Å². The predicted octanol–water partition coefficient (Wildman–Crippen LogP) is 3.49. The van der Waals surface area contributed by atoms with Gasteiger partial charge in [-0.2, -0.15) is 0 Å². The molecule has 0 bridgehead atoms. The summed E-state index contributed by atoms with van der Waals surface area (Å²) in [4.78, 5) is 13.6. The molecule has 0 saturated heterocycles. The molecule has 0 amide bonds. The Morgan fingerprint density at radius 2 is 2.00 bits per heavy atom. The fourth-order valence-corrected chi connectivity index (χ4v) is 2.55. The Balaban J connectivity index is 2.21. The summed E-state index contributed by atoms with van der Waals surface area (Å²) in [7, 11) is 0. The number of thiazole rings is 1. The number of benzene rings is 1. The lowest BCUT2D eigenvalue weighted by molar-refractivity contribution is 1.13. The third-order valence-corrected chi connectivity index (χ3v) is 3.57. The predicted molar refractivity (Wildman–Crippen MR) is 79.5 cm³/mol. The van der Waals surface area contributed by atoms with E-state index in [-0.39, 0.29) is 0 Å². The van der Waals surface area contributed by atoms with E-state index in [0.717, 1.165) is 34.0 Å². The Hall–Kier alpha value is -2.01. The zero-order valence-electron chi connectivity index (χ0n) is 10.8. The minimum atomic E-state index is 0.680. The van der Waals surface area contributed by atoms with E-state index in [0.29, 0.717) is 5.82 Å². The molecule has 0 radical (unpaired) electrons. The normalized spacial score (nSPS) is 10.8. The lowest BCUT2D eigenvalue weighted by Gasteiger charge is -2.08. The quantitative estimate of drug-likeness (QED) is 0.791. The maximum absolute atomic E-state index is 4.60. The molecule has 3 aromatic rings. The smallest absolute Gasteiger partial charge is 0.181 e. The van der Waals surface area contributed by atoms with Crippen LogP contribution in [-0.4, -0.2) is 21.5 Å². The molecule has 0 aliphatic rings. The summed E-state index contributed by atoms with van der Waals surface area (Å²) in [5.41, 5.74) is 1.78. The first-order chi connectivity index (χ1) is 9.28. The molecule has 0 unspecified atom stereocenters. The van der Waals surface area contributed by atoms with Gasteiger partial charge in [0.15, 0.2) is 5.82 Å². The Morgan fingerprint density at radius 3 is 2.74 bits per heavy atom. The lowest BCUT2D eigenvalue weighted by Crippen LogP contribution is -2.03. The van der Waals surface area contributed by atoms with Crippen molar-refractivity contribution in [1.29, 1.82) is 0 Å². The van der Waals surface area contributed by atoms with E-state index in [1.807, 2.05) is 36.6 Å². The van der Waals surface area contributed by atoms with Crippen molar-refractivity contribution < 1.29 is 0 Å². The average molecular weight is 270 g/mol. The van der Waals surface area contributed by atoms with E-state index < -0.39 is 0 Å². The molecule has 0 aliphatic heterocycles. The summed E-state index contributed by atoms with van der Waals surface area (Å²) in [5.74, 6) is 1.55. The molecule has 19 heavy (non-hydrogen) atoms. The number of anilines is 1. The standard InChI is InChI=1S/C14H14N4S/c1-3-15-13-10-6-4-5-7-11(10)17-14(18-13)12-8-19-9(2)16-12/h4-8H,3H2,1-2H3,(H,15,17,18). The number of rotatable bonds is 3. The van der Waals surface area contributed by atoms with Crippen molar-refractivity contribution in [3.8, 4) is 11.5 Å². The average Bonchev–Trinajstić information content (AvgIpc) is 2.86. The van der Waals surface area contributed by atoms with Gasteiger partial charge in [-0.25, -0.2) is 15.0 Å². The van der Waals surface area contributed by atoms with Crippen LogP contribution in [-0.2, 0) is 0 Å². The molecule has 1 aromatic carbocycles. The number of hydrogen-bond donors (Lipinski definition) is 1. The van der Waals surface area contributed by atoms with Gasteiger partial charge in [0.1, 0.15) is 11.5 Å². The number of aromatic nitrogens is 3. The number of para-hydroxylation sites is 1. The van der Waals surface area contributed by atoms with E-state index in [9.17, 15) is 0 Å². The maximum Gasteiger partial charge on any atom is 0.181 e. The topological polar surface area (TPSA) is 50.7 Å². The van der Waals surface area contributed by atoms with Crippen LogP contribution in [0.3, 0.4) is 0 Å². The molecule has 2 heterocycles. The van der Waals surface area contributed by atoms with Gasteiger partial charge >= 0.3 is 0 Å². The summed E-state index contributed by atoms with van der Waals surface area (Å²) in [5, 5.41) is 7.35. The summed E-state index contributed by atoms with van der Waals surface area (Å²) >= 11 is 1.61. The van der Waals surface area contributed by atoms with Crippen molar-refractivity contribution in [3.05, 3.63) is 34.7 Å². The van der Waals surface area contributed by atoms with E-state index in [1.54, 1.807) is 11.3 Å². The van der Waals surface area contributed by atoms with Gasteiger partial charge in [0.25, 0.3) is 0 Å². The van der Waals surface area contributed by atoms with Gasteiger partial charge in [0.05, 0.1) is 10.5 Å². The van der Waals surface area contributed by atoms with Crippen LogP contribution in [0.5, 0.6) is 0 Å². The van der Waals surface area contributed by atoms with Crippen LogP contribution in [0.2, 0.25) is 0 Å². The Bertz CT molecular complexity index is 720. The molecular formula is C14H14N4S. The van der Waals surface area contributed by atoms with E-state index >= 15 is 0 Å². The number of aryl methyl sites for hydroxylation is 1. The number of hydrogen-bond acceptors (Lipinski definition) is 5. The first-order valence-electron chi connectivity index (χ1n) is 6.21. The molecule has 2 aromatic heterocycles. The van der Waals surface area contributed by atoms with Crippen molar-refractivity contribution in [2.24, 2.45) is 0 Å². The molecule has 4 nitrogen and oxygen atoms in total. The highest BCUT2D eigenvalue weighted by Gasteiger charge is 2.10. The van der Waals surface area contributed by atoms with Crippen LogP contribution < -0.4 is 5.32 Å². The van der Waals surface area contributed by atoms with Crippen LogP contribution in [0, 0.1) is 6.92 Å².